The van der Waals surface area contributed by atoms with Crippen molar-refractivity contribution in [3.05, 3.63) is 145 Å². The van der Waals surface area contributed by atoms with Crippen molar-refractivity contribution < 1.29 is 45.0 Å². The third-order valence-corrected chi connectivity index (χ3v) is 9.41. The van der Waals surface area contributed by atoms with Crippen LogP contribution in [0.25, 0.3) is 21.5 Å². The number of rotatable bonds is 8. The zero-order valence-electron chi connectivity index (χ0n) is 28.4. The Labute approximate surface area is 321 Å². The lowest BCUT2D eigenvalue weighted by Crippen LogP contribution is -2.27. The summed E-state index contributed by atoms with van der Waals surface area (Å²) in [5, 5.41) is 4.23. The lowest BCUT2D eigenvalue weighted by Gasteiger charge is -2.19. The molecule has 0 bridgehead atoms. The zero-order chi connectivity index (χ0) is 38.6. The van der Waals surface area contributed by atoms with Gasteiger partial charge in [-0.3, -0.25) is 19.3 Å². The molecule has 0 aliphatic rings. The number of alkyl halides is 1. The molecule has 0 unspecified atom stereocenters. The smallest absolute Gasteiger partial charge is 0.414 e. The number of halogens is 1. The van der Waals surface area contributed by atoms with Gasteiger partial charge in [0.05, 0.1) is 11.4 Å². The molecule has 0 saturated heterocycles. The molecule has 0 aromatic heterocycles. The predicted octanol–water partition coefficient (Wildman–Crippen LogP) is 8.75. The van der Waals surface area contributed by atoms with Crippen LogP contribution in [0.3, 0.4) is 0 Å². The maximum absolute atomic E-state index is 12.4. The molecule has 6 aromatic carbocycles. The molecule has 0 radical (unpaired) electrons. The van der Waals surface area contributed by atoms with Gasteiger partial charge in [-0.25, -0.2) is 9.59 Å². The van der Waals surface area contributed by atoms with E-state index in [2.05, 4.69) is 27.9 Å². The summed E-state index contributed by atoms with van der Waals surface area (Å²) >= 11 is 2.15. The van der Waals surface area contributed by atoms with Crippen LogP contribution in [-0.4, -0.2) is 50.1 Å². The van der Waals surface area contributed by atoms with Gasteiger partial charge in [0.1, 0.15) is 23.0 Å². The van der Waals surface area contributed by atoms with Crippen LogP contribution in [0, 0.1) is 0 Å². The summed E-state index contributed by atoms with van der Waals surface area (Å²) < 4.78 is 75.3. The Bertz CT molecular complexity index is 2410. The average molecular weight is 871 g/mol. The summed E-state index contributed by atoms with van der Waals surface area (Å²) in [6.45, 7) is 0.249. The lowest BCUT2D eigenvalue weighted by molar-refractivity contribution is 0.148. The van der Waals surface area contributed by atoms with E-state index in [4.69, 9.17) is 9.47 Å². The number of fused-ring (bicyclic) bond motifs is 2. The van der Waals surface area contributed by atoms with Crippen molar-refractivity contribution in [2.75, 3.05) is 22.2 Å². The van der Waals surface area contributed by atoms with E-state index in [1.165, 1.54) is 29.2 Å². The monoisotopic (exact) mass is 870 g/mol. The molecular formula is C38H35IN2O10S2. The van der Waals surface area contributed by atoms with Crippen molar-refractivity contribution in [3.8, 4) is 0 Å². The van der Waals surface area contributed by atoms with Crippen LogP contribution in [0.4, 0.5) is 21.0 Å². The van der Waals surface area contributed by atoms with E-state index < -0.39 is 32.4 Å². The van der Waals surface area contributed by atoms with Gasteiger partial charge in [0, 0.05) is 28.6 Å². The first-order valence-corrected chi connectivity index (χ1v) is 20.6. The van der Waals surface area contributed by atoms with Crippen LogP contribution in [0.1, 0.15) is 11.1 Å². The molecule has 0 fully saturated rings. The van der Waals surface area contributed by atoms with Gasteiger partial charge in [-0.05, 0) is 40.3 Å². The van der Waals surface area contributed by atoms with Gasteiger partial charge in [-0.1, -0.05) is 132 Å². The summed E-state index contributed by atoms with van der Waals surface area (Å²) in [6.07, 6.45) is -1.23. The van der Waals surface area contributed by atoms with Crippen LogP contribution >= 0.6 is 22.6 Å². The SMILES string of the molecule is CI.CN(C(=O)OCc1ccccc1)c1cccc2c(S(=O)(=O)O)cccc12.O=C(Nc1cccc2c(S(=O)(=O)O)cccc12)OCc1ccccc1. The molecule has 0 aliphatic carbocycles. The summed E-state index contributed by atoms with van der Waals surface area (Å²) in [5.74, 6) is 0. The standard InChI is InChI=1S/C19H17NO5S.C18H15NO5S.CH3I/c1-20(19(21)25-13-14-7-3-2-4-8-14)17-11-5-10-16-15(17)9-6-12-18(16)26(22,23)24;20-18(24-12-13-6-2-1-3-7-13)19-16-10-4-9-15-14(16)8-5-11-17(15)25(21,22)23;1-2/h2-12H,13H2,1H3,(H,22,23,24);1-11H,12H2,(H,19,20)(H,21,22,23);1H3. The quantitative estimate of drug-likeness (QED) is 0.0762. The van der Waals surface area contributed by atoms with E-state index in [0.717, 1.165) is 11.1 Å². The van der Waals surface area contributed by atoms with Crippen molar-refractivity contribution >= 4 is 87.9 Å². The topological polar surface area (TPSA) is 177 Å². The lowest BCUT2D eigenvalue weighted by atomic mass is 10.1. The van der Waals surface area contributed by atoms with Crippen molar-refractivity contribution in [2.24, 2.45) is 0 Å². The third kappa shape index (κ3) is 11.0. The molecule has 15 heteroatoms. The largest absolute Gasteiger partial charge is 0.444 e. The molecule has 12 nitrogen and oxygen atoms in total. The van der Waals surface area contributed by atoms with Gasteiger partial charge in [-0.15, -0.1) is 0 Å². The molecule has 53 heavy (non-hydrogen) atoms. The Hall–Kier alpha value is -5.07. The number of hydrogen-bond acceptors (Lipinski definition) is 8. The summed E-state index contributed by atoms with van der Waals surface area (Å²) in [5.41, 5.74) is 2.58. The number of amides is 2. The molecule has 0 heterocycles. The number of nitrogens with one attached hydrogen (secondary N) is 1. The Morgan fingerprint density at radius 3 is 1.55 bits per heavy atom. The number of nitrogens with zero attached hydrogens (tertiary/aromatic N) is 1. The van der Waals surface area contributed by atoms with Gasteiger partial charge in [0.2, 0.25) is 0 Å². The Morgan fingerprint density at radius 1 is 0.585 bits per heavy atom. The van der Waals surface area contributed by atoms with Crippen molar-refractivity contribution in [1.82, 2.24) is 0 Å². The van der Waals surface area contributed by atoms with Crippen molar-refractivity contribution in [3.63, 3.8) is 0 Å². The minimum atomic E-state index is -4.37. The number of hydrogen-bond donors (Lipinski definition) is 3. The van der Waals surface area contributed by atoms with Crippen molar-refractivity contribution in [2.45, 2.75) is 23.0 Å². The molecule has 2 amide bonds. The van der Waals surface area contributed by atoms with Crippen LogP contribution in [0.2, 0.25) is 0 Å². The minimum absolute atomic E-state index is 0.119. The van der Waals surface area contributed by atoms with E-state index >= 15 is 0 Å². The maximum atomic E-state index is 12.4. The fourth-order valence-electron chi connectivity index (χ4n) is 5.18. The number of carbonyl (C=O) groups excluding carboxylic acids is 2. The second-order valence-corrected chi connectivity index (χ2v) is 13.8. The Morgan fingerprint density at radius 2 is 1.02 bits per heavy atom. The summed E-state index contributed by atoms with van der Waals surface area (Å²) in [7, 11) is -7.19. The van der Waals surface area contributed by atoms with E-state index in [9.17, 15) is 35.5 Å². The first-order chi connectivity index (χ1) is 25.3. The summed E-state index contributed by atoms with van der Waals surface area (Å²) in [4.78, 5) is 27.2. The summed E-state index contributed by atoms with van der Waals surface area (Å²) in [6, 6.07) is 37.1. The van der Waals surface area contributed by atoms with E-state index in [1.54, 1.807) is 55.6 Å². The van der Waals surface area contributed by atoms with Gasteiger partial charge in [-0.2, -0.15) is 16.8 Å². The predicted molar refractivity (Wildman–Crippen MR) is 213 cm³/mol. The normalized spacial score (nSPS) is 11.0. The Kier molecular flexibility index (Phi) is 14.3. The van der Waals surface area contributed by atoms with E-state index in [0.29, 0.717) is 32.9 Å². The molecule has 6 rings (SSSR count). The van der Waals surface area contributed by atoms with Gasteiger partial charge in [0.25, 0.3) is 20.2 Å². The van der Waals surface area contributed by atoms with Crippen LogP contribution in [0.5, 0.6) is 0 Å². The highest BCUT2D eigenvalue weighted by atomic mass is 127. The maximum Gasteiger partial charge on any atom is 0.414 e. The number of anilines is 2. The zero-order valence-corrected chi connectivity index (χ0v) is 32.2. The molecule has 0 saturated carbocycles. The number of ether oxygens (including phenoxy) is 2. The minimum Gasteiger partial charge on any atom is -0.444 e. The second-order valence-electron chi connectivity index (χ2n) is 11.0. The fraction of sp³-hybridized carbons (Fsp3) is 0.105. The molecule has 0 aliphatic heterocycles. The second kappa shape index (κ2) is 18.6. The molecule has 276 valence electrons. The molecule has 3 N–H and O–H groups in total. The van der Waals surface area contributed by atoms with Gasteiger partial charge >= 0.3 is 12.2 Å². The molecule has 0 spiro atoms. The number of benzene rings is 6. The highest BCUT2D eigenvalue weighted by molar-refractivity contribution is 14.1. The van der Waals surface area contributed by atoms with Crippen LogP contribution in [0.15, 0.2) is 143 Å². The Balaban J connectivity index is 0.000000226. The average Bonchev–Trinajstić information content (AvgIpc) is 3.16. The first kappa shape index (κ1) is 40.7. The van der Waals surface area contributed by atoms with Gasteiger partial charge in [0.15, 0.2) is 0 Å². The molecular weight excluding hydrogens is 835 g/mol. The van der Waals surface area contributed by atoms with Gasteiger partial charge < -0.3 is 9.47 Å². The highest BCUT2D eigenvalue weighted by Crippen LogP contribution is 2.31. The number of carbonyl (C=O) groups is 2. The fourth-order valence-corrected chi connectivity index (χ4v) is 6.59. The van der Waals surface area contributed by atoms with Crippen LogP contribution < -0.4 is 10.2 Å². The van der Waals surface area contributed by atoms with Crippen molar-refractivity contribution in [1.29, 1.82) is 0 Å². The highest BCUT2D eigenvalue weighted by Gasteiger charge is 2.20. The third-order valence-electron chi connectivity index (χ3n) is 7.59. The molecule has 0 atom stereocenters. The molecule has 6 aromatic rings. The first-order valence-electron chi connectivity index (χ1n) is 15.6. The van der Waals surface area contributed by atoms with Crippen LogP contribution in [-0.2, 0) is 42.9 Å². The van der Waals surface area contributed by atoms with E-state index in [-0.39, 0.29) is 23.0 Å². The van der Waals surface area contributed by atoms with E-state index in [1.807, 2.05) is 65.6 Å².